The van der Waals surface area contributed by atoms with E-state index in [2.05, 4.69) is 11.8 Å². The molecule has 0 bridgehead atoms. The zero-order valence-corrected chi connectivity index (χ0v) is 13.9. The zero-order chi connectivity index (χ0) is 16.7. The van der Waals surface area contributed by atoms with Gasteiger partial charge in [0.2, 0.25) is 0 Å². The number of hydrogen-bond donors (Lipinski definition) is 0. The molecule has 0 aliphatic heterocycles. The lowest BCUT2D eigenvalue weighted by Gasteiger charge is -2.22. The van der Waals surface area contributed by atoms with Gasteiger partial charge in [-0.15, -0.1) is 0 Å². The summed E-state index contributed by atoms with van der Waals surface area (Å²) in [7, 11) is 0. The number of hydrogen-bond acceptors (Lipinski definition) is 4. The fourth-order valence-corrected chi connectivity index (χ4v) is 2.42. The molecular weight excluding hydrogens is 290 g/mol. The number of para-hydroxylation sites is 2. The normalized spacial score (nSPS) is 10.2. The van der Waals surface area contributed by atoms with E-state index in [0.29, 0.717) is 12.3 Å². The average Bonchev–Trinajstić information content (AvgIpc) is 2.56. The summed E-state index contributed by atoms with van der Waals surface area (Å²) in [4.78, 5) is 14.0. The standard InChI is InChI=1S/C19H23NO3/c1-4-20(17-11-6-5-7-12-17)13-14-22-19(21)23-18-15(2)9-8-10-16(18)3/h5-12H,4,13-14H2,1-3H3. The molecule has 0 atom stereocenters. The van der Waals surface area contributed by atoms with Crippen LogP contribution < -0.4 is 9.64 Å². The lowest BCUT2D eigenvalue weighted by Crippen LogP contribution is -2.28. The number of carbonyl (C=O) groups is 1. The molecule has 0 spiro atoms. The van der Waals surface area contributed by atoms with Crippen molar-refractivity contribution in [3.63, 3.8) is 0 Å². The number of rotatable bonds is 6. The number of benzene rings is 2. The van der Waals surface area contributed by atoms with Crippen LogP contribution in [0.4, 0.5) is 10.5 Å². The fourth-order valence-electron chi connectivity index (χ4n) is 2.42. The zero-order valence-electron chi connectivity index (χ0n) is 13.9. The summed E-state index contributed by atoms with van der Waals surface area (Å²) in [5, 5.41) is 0. The van der Waals surface area contributed by atoms with Gasteiger partial charge in [-0.1, -0.05) is 36.4 Å². The van der Waals surface area contributed by atoms with Crippen LogP contribution in [0.1, 0.15) is 18.1 Å². The third-order valence-corrected chi connectivity index (χ3v) is 3.68. The van der Waals surface area contributed by atoms with Crippen molar-refractivity contribution in [2.24, 2.45) is 0 Å². The predicted octanol–water partition coefficient (Wildman–Crippen LogP) is 4.35. The third kappa shape index (κ3) is 4.74. The van der Waals surface area contributed by atoms with E-state index in [1.54, 1.807) is 0 Å². The number of anilines is 1. The molecule has 2 aromatic carbocycles. The number of ether oxygens (including phenoxy) is 2. The molecule has 4 nitrogen and oxygen atoms in total. The molecular formula is C19H23NO3. The molecule has 2 rings (SSSR count). The molecule has 0 radical (unpaired) electrons. The number of likely N-dealkylation sites (N-methyl/N-ethyl adjacent to an activating group) is 1. The van der Waals surface area contributed by atoms with Gasteiger partial charge in [0, 0.05) is 12.2 Å². The van der Waals surface area contributed by atoms with Gasteiger partial charge in [0.1, 0.15) is 12.4 Å². The second-order valence-corrected chi connectivity index (χ2v) is 5.34. The highest BCUT2D eigenvalue weighted by Gasteiger charge is 2.11. The van der Waals surface area contributed by atoms with Crippen LogP contribution >= 0.6 is 0 Å². The van der Waals surface area contributed by atoms with Crippen molar-refractivity contribution < 1.29 is 14.3 Å². The Morgan fingerprint density at radius 1 is 1.00 bits per heavy atom. The van der Waals surface area contributed by atoms with Crippen molar-refractivity contribution in [2.45, 2.75) is 20.8 Å². The van der Waals surface area contributed by atoms with Gasteiger partial charge in [0.15, 0.2) is 0 Å². The van der Waals surface area contributed by atoms with Gasteiger partial charge < -0.3 is 14.4 Å². The van der Waals surface area contributed by atoms with Crippen LogP contribution in [0.25, 0.3) is 0 Å². The maximum atomic E-state index is 11.9. The molecule has 0 aliphatic rings. The molecule has 0 N–H and O–H groups in total. The second kappa shape index (κ2) is 8.22. The van der Waals surface area contributed by atoms with E-state index < -0.39 is 6.16 Å². The molecule has 0 aliphatic carbocycles. The minimum absolute atomic E-state index is 0.284. The predicted molar refractivity (Wildman–Crippen MR) is 92.2 cm³/mol. The van der Waals surface area contributed by atoms with E-state index in [0.717, 1.165) is 23.4 Å². The SMILES string of the molecule is CCN(CCOC(=O)Oc1c(C)cccc1C)c1ccccc1. The molecule has 2 aromatic rings. The summed E-state index contributed by atoms with van der Waals surface area (Å²) in [6.07, 6.45) is -0.661. The van der Waals surface area contributed by atoms with Crippen LogP contribution in [0.5, 0.6) is 5.75 Å². The Kier molecular flexibility index (Phi) is 6.03. The molecule has 23 heavy (non-hydrogen) atoms. The van der Waals surface area contributed by atoms with Gasteiger partial charge in [0.25, 0.3) is 0 Å². The van der Waals surface area contributed by atoms with Crippen LogP contribution in [0.15, 0.2) is 48.5 Å². The smallest absolute Gasteiger partial charge is 0.432 e. The maximum absolute atomic E-state index is 11.9. The van der Waals surface area contributed by atoms with Crippen LogP contribution in [0, 0.1) is 13.8 Å². The Hall–Kier alpha value is -2.49. The van der Waals surface area contributed by atoms with E-state index >= 15 is 0 Å². The first-order valence-corrected chi connectivity index (χ1v) is 7.82. The van der Waals surface area contributed by atoms with E-state index in [9.17, 15) is 4.79 Å². The average molecular weight is 313 g/mol. The minimum atomic E-state index is -0.661. The van der Waals surface area contributed by atoms with E-state index in [1.807, 2.05) is 62.4 Å². The van der Waals surface area contributed by atoms with Gasteiger partial charge in [0.05, 0.1) is 6.54 Å². The van der Waals surface area contributed by atoms with E-state index in [1.165, 1.54) is 0 Å². The van der Waals surface area contributed by atoms with E-state index in [4.69, 9.17) is 9.47 Å². The van der Waals surface area contributed by atoms with Gasteiger partial charge in [-0.3, -0.25) is 0 Å². The molecule has 0 heterocycles. The summed E-state index contributed by atoms with van der Waals surface area (Å²) in [5.74, 6) is 0.577. The van der Waals surface area contributed by atoms with Crippen LogP contribution in [-0.2, 0) is 4.74 Å². The summed E-state index contributed by atoms with van der Waals surface area (Å²) in [6.45, 7) is 7.64. The summed E-state index contributed by atoms with van der Waals surface area (Å²) < 4.78 is 10.5. The topological polar surface area (TPSA) is 38.8 Å². The Morgan fingerprint density at radius 2 is 1.65 bits per heavy atom. The highest BCUT2D eigenvalue weighted by Crippen LogP contribution is 2.22. The van der Waals surface area contributed by atoms with Crippen molar-refractivity contribution >= 4 is 11.8 Å². The van der Waals surface area contributed by atoms with Gasteiger partial charge in [-0.25, -0.2) is 4.79 Å². The number of nitrogens with zero attached hydrogens (tertiary/aromatic N) is 1. The van der Waals surface area contributed by atoms with Gasteiger partial charge in [-0.05, 0) is 44.0 Å². The molecule has 0 saturated heterocycles. The lowest BCUT2D eigenvalue weighted by atomic mass is 10.1. The molecule has 122 valence electrons. The first kappa shape index (κ1) is 16.9. The molecule has 0 saturated carbocycles. The lowest BCUT2D eigenvalue weighted by molar-refractivity contribution is 0.101. The van der Waals surface area contributed by atoms with E-state index in [-0.39, 0.29) is 6.61 Å². The Bertz CT molecular complexity index is 620. The third-order valence-electron chi connectivity index (χ3n) is 3.68. The highest BCUT2D eigenvalue weighted by atomic mass is 16.7. The molecule has 0 aromatic heterocycles. The number of aryl methyl sites for hydroxylation is 2. The van der Waals surface area contributed by atoms with Crippen molar-refractivity contribution in [3.05, 3.63) is 59.7 Å². The Morgan fingerprint density at radius 3 is 2.26 bits per heavy atom. The van der Waals surface area contributed by atoms with Crippen molar-refractivity contribution in [1.82, 2.24) is 0 Å². The molecule has 0 amide bonds. The Labute approximate surface area is 137 Å². The first-order valence-electron chi connectivity index (χ1n) is 7.82. The quantitative estimate of drug-likeness (QED) is 0.587. The van der Waals surface area contributed by atoms with Crippen LogP contribution in [0.2, 0.25) is 0 Å². The highest BCUT2D eigenvalue weighted by molar-refractivity contribution is 5.65. The minimum Gasteiger partial charge on any atom is -0.432 e. The largest absolute Gasteiger partial charge is 0.513 e. The molecule has 4 heteroatoms. The Balaban J connectivity index is 1.85. The summed E-state index contributed by atoms with van der Waals surface area (Å²) in [5.41, 5.74) is 2.95. The maximum Gasteiger partial charge on any atom is 0.513 e. The van der Waals surface area contributed by atoms with Gasteiger partial charge >= 0.3 is 6.16 Å². The van der Waals surface area contributed by atoms with Gasteiger partial charge in [-0.2, -0.15) is 0 Å². The van der Waals surface area contributed by atoms with Crippen molar-refractivity contribution in [1.29, 1.82) is 0 Å². The molecule has 0 fully saturated rings. The van der Waals surface area contributed by atoms with Crippen molar-refractivity contribution in [3.8, 4) is 5.75 Å². The van der Waals surface area contributed by atoms with Crippen molar-refractivity contribution in [2.75, 3.05) is 24.6 Å². The summed E-state index contributed by atoms with van der Waals surface area (Å²) >= 11 is 0. The second-order valence-electron chi connectivity index (χ2n) is 5.34. The molecule has 0 unspecified atom stereocenters. The van der Waals surface area contributed by atoms with Crippen LogP contribution in [-0.4, -0.2) is 25.9 Å². The van der Waals surface area contributed by atoms with Crippen LogP contribution in [0.3, 0.4) is 0 Å². The summed E-state index contributed by atoms with van der Waals surface area (Å²) in [6, 6.07) is 15.8. The first-order chi connectivity index (χ1) is 11.1. The fraction of sp³-hybridized carbons (Fsp3) is 0.316. The monoisotopic (exact) mass is 313 g/mol. The number of carbonyl (C=O) groups excluding carboxylic acids is 1.